The molecule has 1 aliphatic rings. The van der Waals surface area contributed by atoms with Gasteiger partial charge in [0, 0.05) is 16.1 Å². The van der Waals surface area contributed by atoms with Crippen LogP contribution in [0.5, 0.6) is 0 Å². The zero-order valence-electron chi connectivity index (χ0n) is 9.10. The van der Waals surface area contributed by atoms with Gasteiger partial charge in [-0.2, -0.15) is 0 Å². The molecule has 1 saturated carbocycles. The van der Waals surface area contributed by atoms with Crippen molar-refractivity contribution in [3.05, 3.63) is 38.3 Å². The monoisotopic (exact) mass is 299 g/mol. The van der Waals surface area contributed by atoms with E-state index in [1.54, 1.807) is 12.1 Å². The molecule has 0 amide bonds. The Bertz CT molecular complexity index is 496. The number of benzene rings is 1. The molecule has 90 valence electrons. The number of esters is 1. The third-order valence-corrected chi connectivity index (χ3v) is 3.49. The maximum Gasteiger partial charge on any atom is 0.316 e. The number of ether oxygens (including phenoxy) is 1. The molecule has 0 bridgehead atoms. The maximum atomic E-state index is 11.7. The van der Waals surface area contributed by atoms with E-state index < -0.39 is 16.3 Å². The van der Waals surface area contributed by atoms with Crippen LogP contribution in [0.1, 0.15) is 18.4 Å². The van der Waals surface area contributed by atoms with Gasteiger partial charge in [-0.15, -0.1) is 0 Å². The Labute approximate surface area is 106 Å². The van der Waals surface area contributed by atoms with Crippen molar-refractivity contribution in [2.24, 2.45) is 0 Å². The van der Waals surface area contributed by atoms with E-state index in [4.69, 9.17) is 4.74 Å². The van der Waals surface area contributed by atoms with Gasteiger partial charge in [0.2, 0.25) is 0 Å². The fraction of sp³-hybridized carbons (Fsp3) is 0.364. The van der Waals surface area contributed by atoms with Crippen LogP contribution in [0.25, 0.3) is 0 Å². The molecule has 1 aliphatic carbocycles. The smallest absolute Gasteiger partial charge is 0.316 e. The van der Waals surface area contributed by atoms with Gasteiger partial charge in [-0.1, -0.05) is 15.9 Å². The molecule has 0 atom stereocenters. The number of nitro benzene ring substituents is 1. The highest BCUT2D eigenvalue weighted by molar-refractivity contribution is 9.10. The minimum Gasteiger partial charge on any atom is -0.468 e. The first-order valence-electron chi connectivity index (χ1n) is 5.04. The summed E-state index contributed by atoms with van der Waals surface area (Å²) in [5.74, 6) is -0.404. The first-order valence-corrected chi connectivity index (χ1v) is 5.83. The molecule has 1 aromatic rings. The van der Waals surface area contributed by atoms with Crippen molar-refractivity contribution in [1.29, 1.82) is 0 Å². The van der Waals surface area contributed by atoms with Crippen molar-refractivity contribution >= 4 is 27.6 Å². The molecule has 6 heteroatoms. The summed E-state index contributed by atoms with van der Waals surface area (Å²) in [5.41, 5.74) is -0.416. The van der Waals surface area contributed by atoms with Crippen molar-refractivity contribution in [2.75, 3.05) is 7.11 Å². The predicted octanol–water partition coefficient (Wildman–Crippen LogP) is 2.56. The van der Waals surface area contributed by atoms with Crippen molar-refractivity contribution < 1.29 is 14.5 Å². The summed E-state index contributed by atoms with van der Waals surface area (Å²) < 4.78 is 5.45. The standard InChI is InChI=1S/C11H10BrNO4/c1-17-10(14)11(4-5-11)8-6-7(12)2-3-9(8)13(15)16/h2-3,6H,4-5H2,1H3. The second-order valence-corrected chi connectivity index (χ2v) is 4.91. The first-order chi connectivity index (χ1) is 8.01. The van der Waals surface area contributed by atoms with Crippen LogP contribution < -0.4 is 0 Å². The lowest BCUT2D eigenvalue weighted by Gasteiger charge is -2.13. The van der Waals surface area contributed by atoms with Gasteiger partial charge < -0.3 is 4.74 Å². The lowest BCUT2D eigenvalue weighted by Crippen LogP contribution is -2.23. The third kappa shape index (κ3) is 1.93. The highest BCUT2D eigenvalue weighted by Crippen LogP contribution is 2.52. The Morgan fingerprint density at radius 1 is 1.53 bits per heavy atom. The molecule has 0 aliphatic heterocycles. The van der Waals surface area contributed by atoms with Gasteiger partial charge in [-0.05, 0) is 25.0 Å². The lowest BCUT2D eigenvalue weighted by atomic mass is 9.94. The van der Waals surface area contributed by atoms with Gasteiger partial charge in [0.05, 0.1) is 17.4 Å². The Balaban J connectivity index is 2.54. The summed E-state index contributed by atoms with van der Waals surface area (Å²) in [4.78, 5) is 22.2. The van der Waals surface area contributed by atoms with Crippen LogP contribution in [0.2, 0.25) is 0 Å². The van der Waals surface area contributed by atoms with Crippen LogP contribution in [0.15, 0.2) is 22.7 Å². The van der Waals surface area contributed by atoms with Crippen LogP contribution in [0.3, 0.4) is 0 Å². The van der Waals surface area contributed by atoms with E-state index in [2.05, 4.69) is 15.9 Å². The lowest BCUT2D eigenvalue weighted by molar-refractivity contribution is -0.385. The number of nitrogens with zero attached hydrogens (tertiary/aromatic N) is 1. The van der Waals surface area contributed by atoms with Crippen LogP contribution in [-0.4, -0.2) is 18.0 Å². The van der Waals surface area contributed by atoms with Crippen LogP contribution in [0.4, 0.5) is 5.69 Å². The zero-order valence-corrected chi connectivity index (χ0v) is 10.7. The van der Waals surface area contributed by atoms with E-state index in [-0.39, 0.29) is 5.69 Å². The number of halogens is 1. The van der Waals surface area contributed by atoms with E-state index in [9.17, 15) is 14.9 Å². The van der Waals surface area contributed by atoms with Crippen molar-refractivity contribution in [1.82, 2.24) is 0 Å². The van der Waals surface area contributed by atoms with E-state index in [1.165, 1.54) is 13.2 Å². The molecule has 0 N–H and O–H groups in total. The number of hydrogen-bond donors (Lipinski definition) is 0. The molecule has 5 nitrogen and oxygen atoms in total. The van der Waals surface area contributed by atoms with E-state index in [0.717, 1.165) is 0 Å². The molecule has 0 saturated heterocycles. The third-order valence-electron chi connectivity index (χ3n) is 3.00. The largest absolute Gasteiger partial charge is 0.468 e. The van der Waals surface area contributed by atoms with Gasteiger partial charge in [0.15, 0.2) is 0 Å². The number of nitro groups is 1. The molecular weight excluding hydrogens is 290 g/mol. The van der Waals surface area contributed by atoms with Gasteiger partial charge in [0.25, 0.3) is 5.69 Å². The van der Waals surface area contributed by atoms with Crippen LogP contribution in [0, 0.1) is 10.1 Å². The van der Waals surface area contributed by atoms with Crippen molar-refractivity contribution in [3.8, 4) is 0 Å². The van der Waals surface area contributed by atoms with E-state index in [0.29, 0.717) is 22.9 Å². The fourth-order valence-electron chi connectivity index (χ4n) is 1.95. The number of methoxy groups -OCH3 is 1. The van der Waals surface area contributed by atoms with Gasteiger partial charge in [-0.3, -0.25) is 14.9 Å². The molecule has 1 fully saturated rings. The summed E-state index contributed by atoms with van der Waals surface area (Å²) >= 11 is 3.26. The van der Waals surface area contributed by atoms with Crippen LogP contribution >= 0.6 is 15.9 Å². The van der Waals surface area contributed by atoms with E-state index >= 15 is 0 Å². The molecule has 2 rings (SSSR count). The predicted molar refractivity (Wildman–Crippen MR) is 63.7 cm³/mol. The second-order valence-electron chi connectivity index (χ2n) is 3.99. The van der Waals surface area contributed by atoms with Crippen LogP contribution in [-0.2, 0) is 14.9 Å². The molecule has 0 heterocycles. The first kappa shape index (κ1) is 12.0. The Hall–Kier alpha value is -1.43. The number of hydrogen-bond acceptors (Lipinski definition) is 4. The number of carbonyl (C=O) groups excluding carboxylic acids is 1. The van der Waals surface area contributed by atoms with Gasteiger partial charge in [0.1, 0.15) is 0 Å². The fourth-order valence-corrected chi connectivity index (χ4v) is 2.32. The minimum absolute atomic E-state index is 0.0314. The molecule has 0 spiro atoms. The topological polar surface area (TPSA) is 69.4 Å². The summed E-state index contributed by atoms with van der Waals surface area (Å²) in [6.07, 6.45) is 1.19. The minimum atomic E-state index is -0.819. The SMILES string of the molecule is COC(=O)C1(c2cc(Br)ccc2[N+](=O)[O-])CC1. The molecular formula is C11H10BrNO4. The van der Waals surface area contributed by atoms with Crippen molar-refractivity contribution in [2.45, 2.75) is 18.3 Å². The zero-order chi connectivity index (χ0) is 12.6. The molecule has 0 aromatic heterocycles. The van der Waals surface area contributed by atoms with Gasteiger partial charge in [-0.25, -0.2) is 0 Å². The Morgan fingerprint density at radius 2 is 2.18 bits per heavy atom. The van der Waals surface area contributed by atoms with Crippen molar-refractivity contribution in [3.63, 3.8) is 0 Å². The summed E-state index contributed by atoms with van der Waals surface area (Å²) in [7, 11) is 1.30. The quantitative estimate of drug-likeness (QED) is 0.488. The molecule has 0 radical (unpaired) electrons. The average Bonchev–Trinajstić information content (AvgIpc) is 3.08. The Morgan fingerprint density at radius 3 is 2.65 bits per heavy atom. The Kier molecular flexibility index (Phi) is 2.91. The summed E-state index contributed by atoms with van der Waals surface area (Å²) in [6, 6.07) is 4.62. The second kappa shape index (κ2) is 4.10. The molecule has 0 unspecified atom stereocenters. The number of rotatable bonds is 3. The molecule has 1 aromatic carbocycles. The highest BCUT2D eigenvalue weighted by Gasteiger charge is 2.55. The maximum absolute atomic E-state index is 11.7. The average molecular weight is 300 g/mol. The number of carbonyl (C=O) groups is 1. The van der Waals surface area contributed by atoms with E-state index in [1.807, 2.05) is 0 Å². The highest BCUT2D eigenvalue weighted by atomic mass is 79.9. The summed E-state index contributed by atoms with van der Waals surface area (Å²) in [5, 5.41) is 11.0. The molecule has 17 heavy (non-hydrogen) atoms. The normalized spacial score (nSPS) is 16.4. The van der Waals surface area contributed by atoms with Gasteiger partial charge >= 0.3 is 5.97 Å². The summed E-state index contributed by atoms with van der Waals surface area (Å²) in [6.45, 7) is 0.